The normalized spacial score (nSPS) is 11.4. The van der Waals surface area contributed by atoms with Crippen LogP contribution in [0.25, 0.3) is 5.69 Å². The van der Waals surface area contributed by atoms with Crippen LogP contribution in [0.3, 0.4) is 0 Å². The van der Waals surface area contributed by atoms with Gasteiger partial charge in [-0.2, -0.15) is 0 Å². The maximum atomic E-state index is 5.91. The summed E-state index contributed by atoms with van der Waals surface area (Å²) in [5.41, 5.74) is 6.88. The molecule has 0 radical (unpaired) electrons. The first-order valence-electron chi connectivity index (χ1n) is 7.71. The Hall–Kier alpha value is -1.59. The largest absolute Gasteiger partial charge is 0.318 e. The molecule has 3 aromatic rings. The molecule has 0 saturated heterocycles. The number of rotatable bonds is 3. The van der Waals surface area contributed by atoms with Crippen LogP contribution < -0.4 is 0 Å². The third kappa shape index (κ3) is 3.57. The van der Waals surface area contributed by atoms with Crippen LogP contribution in [0.5, 0.6) is 0 Å². The van der Waals surface area contributed by atoms with E-state index in [1.165, 1.54) is 26.2 Å². The van der Waals surface area contributed by atoms with Crippen molar-refractivity contribution in [3.63, 3.8) is 0 Å². The fourth-order valence-corrected chi connectivity index (χ4v) is 3.22. The Balaban J connectivity index is 1.97. The molecule has 0 unspecified atom stereocenters. The quantitative estimate of drug-likeness (QED) is 0.325. The lowest BCUT2D eigenvalue weighted by atomic mass is 10.2. The summed E-state index contributed by atoms with van der Waals surface area (Å²) in [4.78, 5) is 4.56. The van der Waals surface area contributed by atoms with Crippen LogP contribution >= 0.6 is 34.2 Å². The van der Waals surface area contributed by atoms with Crippen molar-refractivity contribution in [2.24, 2.45) is 4.99 Å². The third-order valence-electron chi connectivity index (χ3n) is 4.05. The predicted molar refractivity (Wildman–Crippen MR) is 111 cm³/mol. The zero-order valence-corrected chi connectivity index (χ0v) is 16.8. The molecule has 24 heavy (non-hydrogen) atoms. The highest BCUT2D eigenvalue weighted by Gasteiger charge is 2.10. The molecule has 0 bridgehead atoms. The molecular formula is C20H18ClIN2. The molecule has 4 heteroatoms. The number of nitrogens with zero attached hydrogens (tertiary/aromatic N) is 2. The van der Waals surface area contributed by atoms with E-state index in [-0.39, 0.29) is 0 Å². The van der Waals surface area contributed by atoms with Gasteiger partial charge in [0.05, 0.1) is 5.69 Å². The molecule has 0 aliphatic heterocycles. The molecule has 3 rings (SSSR count). The van der Waals surface area contributed by atoms with Crippen LogP contribution in [0.2, 0.25) is 5.02 Å². The van der Waals surface area contributed by atoms with Crippen molar-refractivity contribution < 1.29 is 0 Å². The third-order valence-corrected chi connectivity index (χ3v) is 5.51. The van der Waals surface area contributed by atoms with Gasteiger partial charge in [-0.1, -0.05) is 11.6 Å². The van der Waals surface area contributed by atoms with Gasteiger partial charge >= 0.3 is 0 Å². The van der Waals surface area contributed by atoms with E-state index in [0.717, 1.165) is 16.3 Å². The first-order valence-corrected chi connectivity index (χ1v) is 9.16. The Morgan fingerprint density at radius 3 is 2.38 bits per heavy atom. The summed E-state index contributed by atoms with van der Waals surface area (Å²) in [6.45, 7) is 6.39. The van der Waals surface area contributed by atoms with Crippen LogP contribution in [0.4, 0.5) is 5.69 Å². The van der Waals surface area contributed by atoms with Gasteiger partial charge in [-0.3, -0.25) is 4.99 Å². The lowest BCUT2D eigenvalue weighted by Crippen LogP contribution is -2.00. The minimum absolute atomic E-state index is 0.723. The molecule has 0 saturated carbocycles. The number of halogens is 2. The molecule has 0 aliphatic carbocycles. The predicted octanol–water partition coefficient (Wildman–Crippen LogP) is 6.41. The Morgan fingerprint density at radius 2 is 1.71 bits per heavy atom. The Morgan fingerprint density at radius 1 is 1.00 bits per heavy atom. The highest BCUT2D eigenvalue weighted by molar-refractivity contribution is 14.1. The second kappa shape index (κ2) is 7.11. The molecule has 0 aliphatic rings. The number of aromatic nitrogens is 1. The van der Waals surface area contributed by atoms with Crippen molar-refractivity contribution in [1.82, 2.24) is 4.57 Å². The Kier molecular flexibility index (Phi) is 5.11. The fourth-order valence-electron chi connectivity index (χ4n) is 2.75. The number of aliphatic imine (C=N–C) groups is 1. The van der Waals surface area contributed by atoms with Crippen LogP contribution in [-0.4, -0.2) is 10.8 Å². The molecule has 0 atom stereocenters. The van der Waals surface area contributed by atoms with E-state index >= 15 is 0 Å². The summed E-state index contributed by atoms with van der Waals surface area (Å²) in [5, 5.41) is 0.723. The van der Waals surface area contributed by atoms with Gasteiger partial charge in [-0.15, -0.1) is 0 Å². The summed E-state index contributed by atoms with van der Waals surface area (Å²) < 4.78 is 3.55. The minimum atomic E-state index is 0.723. The summed E-state index contributed by atoms with van der Waals surface area (Å²) in [6.07, 6.45) is 1.92. The van der Waals surface area contributed by atoms with Crippen molar-refractivity contribution in [1.29, 1.82) is 0 Å². The van der Waals surface area contributed by atoms with Gasteiger partial charge in [0.25, 0.3) is 0 Å². The van der Waals surface area contributed by atoms with Crippen LogP contribution in [0.1, 0.15) is 22.5 Å². The van der Waals surface area contributed by atoms with E-state index in [0.29, 0.717) is 0 Å². The second-order valence-corrected chi connectivity index (χ2v) is 7.43. The smallest absolute Gasteiger partial charge is 0.0630 e. The van der Waals surface area contributed by atoms with Gasteiger partial charge in [-0.05, 0) is 97.5 Å². The first-order chi connectivity index (χ1) is 11.5. The minimum Gasteiger partial charge on any atom is -0.318 e. The zero-order valence-electron chi connectivity index (χ0n) is 13.8. The van der Waals surface area contributed by atoms with Gasteiger partial charge in [0.15, 0.2) is 0 Å². The maximum absolute atomic E-state index is 5.91. The fraction of sp³-hybridized carbons (Fsp3) is 0.150. The summed E-state index contributed by atoms with van der Waals surface area (Å²) >= 11 is 8.28. The van der Waals surface area contributed by atoms with Gasteiger partial charge < -0.3 is 4.57 Å². The lowest BCUT2D eigenvalue weighted by Gasteiger charge is -2.11. The molecule has 0 N–H and O–H groups in total. The van der Waals surface area contributed by atoms with Crippen molar-refractivity contribution in [3.05, 3.63) is 79.6 Å². The number of benzene rings is 2. The van der Waals surface area contributed by atoms with E-state index in [9.17, 15) is 0 Å². The molecule has 2 aromatic carbocycles. The molecule has 1 heterocycles. The molecular weight excluding hydrogens is 431 g/mol. The van der Waals surface area contributed by atoms with E-state index < -0.39 is 0 Å². The van der Waals surface area contributed by atoms with Crippen molar-refractivity contribution in [2.45, 2.75) is 20.8 Å². The molecule has 0 fully saturated rings. The van der Waals surface area contributed by atoms with Gasteiger partial charge in [0.1, 0.15) is 0 Å². The van der Waals surface area contributed by atoms with Crippen molar-refractivity contribution in [3.8, 4) is 5.69 Å². The number of hydrogen-bond donors (Lipinski definition) is 0. The topological polar surface area (TPSA) is 17.3 Å². The second-order valence-electron chi connectivity index (χ2n) is 5.83. The number of hydrogen-bond acceptors (Lipinski definition) is 1. The lowest BCUT2D eigenvalue weighted by molar-refractivity contribution is 0.962. The Bertz CT molecular complexity index is 908. The van der Waals surface area contributed by atoms with E-state index in [2.05, 4.69) is 77.2 Å². The van der Waals surface area contributed by atoms with Crippen molar-refractivity contribution in [2.75, 3.05) is 0 Å². The van der Waals surface area contributed by atoms with Crippen LogP contribution in [0, 0.1) is 24.3 Å². The molecule has 0 spiro atoms. The van der Waals surface area contributed by atoms with E-state index in [1.807, 2.05) is 30.5 Å². The highest BCUT2D eigenvalue weighted by atomic mass is 127. The van der Waals surface area contributed by atoms with E-state index in [1.54, 1.807) is 0 Å². The van der Waals surface area contributed by atoms with E-state index in [4.69, 9.17) is 11.6 Å². The maximum Gasteiger partial charge on any atom is 0.0630 e. The molecule has 1 aromatic heterocycles. The zero-order chi connectivity index (χ0) is 17.3. The van der Waals surface area contributed by atoms with Crippen molar-refractivity contribution >= 4 is 46.1 Å². The average molecular weight is 449 g/mol. The van der Waals surface area contributed by atoms with Gasteiger partial charge in [0, 0.05) is 37.4 Å². The Labute approximate surface area is 161 Å². The molecule has 2 nitrogen and oxygen atoms in total. The van der Waals surface area contributed by atoms with Gasteiger partial charge in [0.2, 0.25) is 0 Å². The number of aryl methyl sites for hydroxylation is 2. The first kappa shape index (κ1) is 17.2. The van der Waals surface area contributed by atoms with Crippen LogP contribution in [0.15, 0.2) is 53.5 Å². The van der Waals surface area contributed by atoms with Gasteiger partial charge in [-0.25, -0.2) is 0 Å². The van der Waals surface area contributed by atoms with Crippen LogP contribution in [-0.2, 0) is 0 Å². The summed E-state index contributed by atoms with van der Waals surface area (Å²) in [7, 11) is 0. The standard InChI is InChI=1S/C20H18ClIN2/c1-13-10-19(8-9-20(13)22)24-14(2)11-16(15(24)3)12-23-18-6-4-17(21)5-7-18/h4-12H,1-3H3. The summed E-state index contributed by atoms with van der Waals surface area (Å²) in [6, 6.07) is 16.3. The SMILES string of the molecule is Cc1cc(-n2c(C)cc(C=Nc3ccc(Cl)cc3)c2C)ccc1I. The average Bonchev–Trinajstić information content (AvgIpc) is 2.84. The monoisotopic (exact) mass is 448 g/mol. The molecule has 0 amide bonds. The summed E-state index contributed by atoms with van der Waals surface area (Å²) in [5.74, 6) is 0. The highest BCUT2D eigenvalue weighted by Crippen LogP contribution is 2.23. The molecule has 122 valence electrons.